The van der Waals surface area contributed by atoms with Crippen molar-refractivity contribution in [2.75, 3.05) is 5.32 Å². The van der Waals surface area contributed by atoms with Gasteiger partial charge >= 0.3 is 5.76 Å². The number of anilines is 1. The summed E-state index contributed by atoms with van der Waals surface area (Å²) in [5.41, 5.74) is 3.02. The number of nitro benzene ring substituents is 1. The van der Waals surface area contributed by atoms with Gasteiger partial charge in [0.15, 0.2) is 5.58 Å². The van der Waals surface area contributed by atoms with E-state index < -0.39 is 10.7 Å². The molecule has 0 aliphatic heterocycles. The van der Waals surface area contributed by atoms with Gasteiger partial charge in [0.25, 0.3) is 5.69 Å². The van der Waals surface area contributed by atoms with Gasteiger partial charge in [-0.05, 0) is 29.0 Å². The SMILES string of the molecule is CC(C)c1cccc(C(C)C)c1NC(=O)Cn1c(=O)oc2cc([N+](=O)[O-])ccc21. The first-order valence-corrected chi connectivity index (χ1v) is 9.39. The average Bonchev–Trinajstić information content (AvgIpc) is 2.95. The van der Waals surface area contributed by atoms with E-state index in [-0.39, 0.29) is 35.6 Å². The standard InChI is InChI=1S/C21H23N3O5/c1-12(2)15-6-5-7-16(13(3)4)20(15)22-19(25)11-23-17-9-8-14(24(27)28)10-18(17)29-21(23)26/h5-10,12-13H,11H2,1-4H3,(H,22,25). The van der Waals surface area contributed by atoms with Gasteiger partial charge in [-0.15, -0.1) is 0 Å². The second-order valence-electron chi connectivity index (χ2n) is 7.53. The lowest BCUT2D eigenvalue weighted by molar-refractivity contribution is -0.384. The van der Waals surface area contributed by atoms with Crippen molar-refractivity contribution in [3.63, 3.8) is 0 Å². The Bertz CT molecular complexity index is 1110. The molecule has 1 aromatic heterocycles. The highest BCUT2D eigenvalue weighted by atomic mass is 16.6. The number of nitro groups is 1. The number of nitrogens with one attached hydrogen (secondary N) is 1. The number of carbonyl (C=O) groups excluding carboxylic acids is 1. The first-order chi connectivity index (χ1) is 13.7. The van der Waals surface area contributed by atoms with Crippen LogP contribution in [0, 0.1) is 10.1 Å². The zero-order valence-electron chi connectivity index (χ0n) is 16.8. The van der Waals surface area contributed by atoms with Crippen LogP contribution in [0.25, 0.3) is 11.1 Å². The number of oxazole rings is 1. The van der Waals surface area contributed by atoms with Crippen molar-refractivity contribution >= 4 is 28.4 Å². The van der Waals surface area contributed by atoms with E-state index >= 15 is 0 Å². The van der Waals surface area contributed by atoms with E-state index in [1.165, 1.54) is 22.8 Å². The molecule has 1 heterocycles. The molecule has 0 unspecified atom stereocenters. The third-order valence-corrected chi connectivity index (χ3v) is 4.80. The third kappa shape index (κ3) is 4.06. The Balaban J connectivity index is 1.94. The number of aromatic nitrogens is 1. The van der Waals surface area contributed by atoms with Crippen LogP contribution in [0.1, 0.15) is 50.7 Å². The summed E-state index contributed by atoms with van der Waals surface area (Å²) in [4.78, 5) is 35.3. The summed E-state index contributed by atoms with van der Waals surface area (Å²) in [6.45, 7) is 7.95. The number of fused-ring (bicyclic) bond motifs is 1. The second kappa shape index (κ2) is 7.90. The lowest BCUT2D eigenvalue weighted by atomic mass is 9.92. The maximum absolute atomic E-state index is 12.8. The van der Waals surface area contributed by atoms with Gasteiger partial charge in [-0.2, -0.15) is 0 Å². The molecule has 8 heteroatoms. The molecule has 8 nitrogen and oxygen atoms in total. The monoisotopic (exact) mass is 397 g/mol. The minimum atomic E-state index is -0.739. The highest BCUT2D eigenvalue weighted by Gasteiger charge is 2.19. The van der Waals surface area contributed by atoms with Crippen molar-refractivity contribution in [1.29, 1.82) is 0 Å². The van der Waals surface area contributed by atoms with Gasteiger partial charge in [0.2, 0.25) is 5.91 Å². The normalized spacial score (nSPS) is 11.4. The first-order valence-electron chi connectivity index (χ1n) is 9.39. The number of amides is 1. The molecular weight excluding hydrogens is 374 g/mol. The molecule has 0 saturated heterocycles. The number of para-hydroxylation sites is 1. The minimum absolute atomic E-state index is 0.0717. The van der Waals surface area contributed by atoms with Crippen LogP contribution in [0.2, 0.25) is 0 Å². The van der Waals surface area contributed by atoms with Crippen LogP contribution in [0.5, 0.6) is 0 Å². The predicted octanol–water partition coefficient (Wildman–Crippen LogP) is 4.39. The van der Waals surface area contributed by atoms with Gasteiger partial charge in [-0.3, -0.25) is 19.5 Å². The maximum atomic E-state index is 12.8. The van der Waals surface area contributed by atoms with E-state index in [2.05, 4.69) is 33.0 Å². The summed E-state index contributed by atoms with van der Waals surface area (Å²) in [6, 6.07) is 9.79. The van der Waals surface area contributed by atoms with E-state index in [1.54, 1.807) is 0 Å². The minimum Gasteiger partial charge on any atom is -0.407 e. The molecule has 1 amide bonds. The van der Waals surface area contributed by atoms with Crippen molar-refractivity contribution in [3.05, 3.63) is 68.2 Å². The molecule has 0 spiro atoms. The molecule has 3 aromatic rings. The summed E-state index contributed by atoms with van der Waals surface area (Å²) >= 11 is 0. The van der Waals surface area contributed by atoms with Crippen LogP contribution < -0.4 is 11.1 Å². The van der Waals surface area contributed by atoms with Gasteiger partial charge in [0.05, 0.1) is 16.5 Å². The zero-order valence-corrected chi connectivity index (χ0v) is 16.8. The van der Waals surface area contributed by atoms with Crippen LogP contribution in [-0.2, 0) is 11.3 Å². The molecule has 29 heavy (non-hydrogen) atoms. The van der Waals surface area contributed by atoms with E-state index in [9.17, 15) is 19.7 Å². The highest BCUT2D eigenvalue weighted by molar-refractivity contribution is 5.93. The Kier molecular flexibility index (Phi) is 5.54. The van der Waals surface area contributed by atoms with Crippen LogP contribution in [0.3, 0.4) is 0 Å². The molecule has 3 rings (SSSR count). The fourth-order valence-corrected chi connectivity index (χ4v) is 3.34. The number of rotatable bonds is 6. The average molecular weight is 397 g/mol. The fourth-order valence-electron chi connectivity index (χ4n) is 3.34. The molecule has 152 valence electrons. The summed E-state index contributed by atoms with van der Waals surface area (Å²) in [6.07, 6.45) is 0. The Hall–Kier alpha value is -3.42. The zero-order chi connectivity index (χ0) is 21.3. The van der Waals surface area contributed by atoms with Gasteiger partial charge in [-0.25, -0.2) is 4.79 Å². The summed E-state index contributed by atoms with van der Waals surface area (Å²) in [5, 5.41) is 13.9. The van der Waals surface area contributed by atoms with E-state index in [0.717, 1.165) is 16.8 Å². The number of hydrogen-bond donors (Lipinski definition) is 1. The largest absolute Gasteiger partial charge is 0.420 e. The highest BCUT2D eigenvalue weighted by Crippen LogP contribution is 2.32. The van der Waals surface area contributed by atoms with Crippen LogP contribution in [0.15, 0.2) is 45.6 Å². The van der Waals surface area contributed by atoms with Crippen molar-refractivity contribution in [3.8, 4) is 0 Å². The quantitative estimate of drug-likeness (QED) is 0.490. The van der Waals surface area contributed by atoms with Gasteiger partial charge < -0.3 is 9.73 Å². The third-order valence-electron chi connectivity index (χ3n) is 4.80. The summed E-state index contributed by atoms with van der Waals surface area (Å²) in [7, 11) is 0. The van der Waals surface area contributed by atoms with Gasteiger partial charge in [-0.1, -0.05) is 45.9 Å². The van der Waals surface area contributed by atoms with Crippen molar-refractivity contribution in [2.45, 2.75) is 46.1 Å². The van der Waals surface area contributed by atoms with Crippen LogP contribution in [-0.4, -0.2) is 15.4 Å². The Morgan fingerprint density at radius 2 is 1.76 bits per heavy atom. The van der Waals surface area contributed by atoms with Crippen molar-refractivity contribution < 1.29 is 14.1 Å². The Morgan fingerprint density at radius 1 is 1.14 bits per heavy atom. The molecule has 0 aliphatic rings. The molecule has 0 aliphatic carbocycles. The molecule has 0 atom stereocenters. The molecule has 0 bridgehead atoms. The molecule has 0 radical (unpaired) electrons. The molecule has 0 saturated carbocycles. The fraction of sp³-hybridized carbons (Fsp3) is 0.333. The Labute approximate surface area is 167 Å². The maximum Gasteiger partial charge on any atom is 0.420 e. The van der Waals surface area contributed by atoms with E-state index in [1.807, 2.05) is 18.2 Å². The van der Waals surface area contributed by atoms with Crippen molar-refractivity contribution in [2.24, 2.45) is 0 Å². The molecule has 2 aromatic carbocycles. The van der Waals surface area contributed by atoms with E-state index in [4.69, 9.17) is 4.42 Å². The first kappa shape index (κ1) is 20.3. The second-order valence-corrected chi connectivity index (χ2v) is 7.53. The lowest BCUT2D eigenvalue weighted by Crippen LogP contribution is -2.25. The number of nitrogens with zero attached hydrogens (tertiary/aromatic N) is 2. The predicted molar refractivity (Wildman–Crippen MR) is 110 cm³/mol. The summed E-state index contributed by atoms with van der Waals surface area (Å²) in [5.74, 6) is -0.691. The van der Waals surface area contributed by atoms with Crippen LogP contribution >= 0.6 is 0 Å². The van der Waals surface area contributed by atoms with Gasteiger partial charge in [0, 0.05) is 11.8 Å². The smallest absolute Gasteiger partial charge is 0.407 e. The number of carbonyl (C=O) groups is 1. The van der Waals surface area contributed by atoms with Crippen molar-refractivity contribution in [1.82, 2.24) is 4.57 Å². The number of hydrogen-bond acceptors (Lipinski definition) is 5. The topological polar surface area (TPSA) is 107 Å². The number of non-ortho nitro benzene ring substituents is 1. The molecular formula is C21H23N3O5. The van der Waals surface area contributed by atoms with E-state index in [0.29, 0.717) is 5.52 Å². The Morgan fingerprint density at radius 3 is 2.31 bits per heavy atom. The molecule has 0 fully saturated rings. The lowest BCUT2D eigenvalue weighted by Gasteiger charge is -2.20. The van der Waals surface area contributed by atoms with Crippen LogP contribution in [0.4, 0.5) is 11.4 Å². The van der Waals surface area contributed by atoms with Gasteiger partial charge in [0.1, 0.15) is 6.54 Å². The molecule has 1 N–H and O–H groups in total. The number of benzene rings is 2. The summed E-state index contributed by atoms with van der Waals surface area (Å²) < 4.78 is 6.26.